The molecule has 3 aliphatic carbocycles. The van der Waals surface area contributed by atoms with Crippen LogP contribution < -0.4 is 4.90 Å². The summed E-state index contributed by atoms with van der Waals surface area (Å²) in [6.07, 6.45) is 6.25. The molecular weight excluding hydrogens is 795 g/mol. The number of anilines is 3. The van der Waals surface area contributed by atoms with Gasteiger partial charge in [-0.2, -0.15) is 0 Å². The average molecular weight is 846 g/mol. The maximum Gasteiger partial charge on any atom is 0.0467 e. The van der Waals surface area contributed by atoms with E-state index >= 15 is 0 Å². The molecule has 3 aliphatic rings. The van der Waals surface area contributed by atoms with Gasteiger partial charge in [-0.25, -0.2) is 0 Å². The Labute approximate surface area is 388 Å². The zero-order valence-corrected chi connectivity index (χ0v) is 37.7. The van der Waals surface area contributed by atoms with E-state index in [0.29, 0.717) is 0 Å². The molecule has 10 aromatic carbocycles. The Bertz CT molecular complexity index is 3550. The number of nitrogens with zero attached hydrogens (tertiary/aromatic N) is 1. The summed E-state index contributed by atoms with van der Waals surface area (Å²) < 4.78 is 0. The highest BCUT2D eigenvalue weighted by Gasteiger charge is 2.44. The molecule has 0 atom stereocenters. The van der Waals surface area contributed by atoms with E-state index in [2.05, 4.69) is 231 Å². The Morgan fingerprint density at radius 2 is 0.909 bits per heavy atom. The van der Waals surface area contributed by atoms with Gasteiger partial charge in [-0.1, -0.05) is 209 Å². The number of hydrogen-bond acceptors (Lipinski definition) is 1. The summed E-state index contributed by atoms with van der Waals surface area (Å²) in [4.78, 5) is 2.50. The van der Waals surface area contributed by atoms with Crippen LogP contribution in [-0.4, -0.2) is 0 Å². The predicted molar refractivity (Wildman–Crippen MR) is 279 cm³/mol. The summed E-state index contributed by atoms with van der Waals surface area (Å²) in [6, 6.07) is 80.1. The topological polar surface area (TPSA) is 3.24 Å². The molecule has 0 saturated heterocycles. The van der Waals surface area contributed by atoms with Gasteiger partial charge in [0.2, 0.25) is 0 Å². The highest BCUT2D eigenvalue weighted by molar-refractivity contribution is 6.12. The van der Waals surface area contributed by atoms with E-state index in [9.17, 15) is 0 Å². The fraction of sp³-hybridized carbons (Fsp3) is 0.138. The first-order chi connectivity index (χ1) is 32.5. The Morgan fingerprint density at radius 3 is 1.73 bits per heavy atom. The third-order valence-corrected chi connectivity index (χ3v) is 15.7. The van der Waals surface area contributed by atoms with Crippen LogP contribution >= 0.6 is 0 Å². The fourth-order valence-electron chi connectivity index (χ4n) is 12.7. The van der Waals surface area contributed by atoms with Crippen molar-refractivity contribution < 1.29 is 0 Å². The molecule has 316 valence electrons. The minimum Gasteiger partial charge on any atom is -0.310 e. The van der Waals surface area contributed by atoms with Crippen LogP contribution in [0.15, 0.2) is 212 Å². The molecule has 13 rings (SSSR count). The molecule has 0 aromatic heterocycles. The van der Waals surface area contributed by atoms with Gasteiger partial charge in [-0.05, 0) is 149 Å². The molecule has 1 heteroatoms. The van der Waals surface area contributed by atoms with Crippen LogP contribution in [0.25, 0.3) is 77.2 Å². The molecule has 1 fully saturated rings. The van der Waals surface area contributed by atoms with Crippen molar-refractivity contribution in [2.45, 2.75) is 56.8 Å². The van der Waals surface area contributed by atoms with Gasteiger partial charge in [-0.3, -0.25) is 0 Å². The van der Waals surface area contributed by atoms with Crippen molar-refractivity contribution in [1.29, 1.82) is 0 Å². The van der Waals surface area contributed by atoms with Crippen LogP contribution in [0.3, 0.4) is 0 Å². The Morgan fingerprint density at radius 1 is 0.333 bits per heavy atom. The highest BCUT2D eigenvalue weighted by atomic mass is 15.1. The van der Waals surface area contributed by atoms with Crippen molar-refractivity contribution in [3.63, 3.8) is 0 Å². The molecule has 0 bridgehead atoms. The smallest absolute Gasteiger partial charge is 0.0467 e. The van der Waals surface area contributed by atoms with Crippen molar-refractivity contribution >= 4 is 38.6 Å². The molecule has 1 saturated carbocycles. The lowest BCUT2D eigenvalue weighted by Crippen LogP contribution is -2.28. The third-order valence-electron chi connectivity index (χ3n) is 15.7. The molecule has 66 heavy (non-hydrogen) atoms. The maximum absolute atomic E-state index is 2.55. The first-order valence-electron chi connectivity index (χ1n) is 24.0. The quantitative estimate of drug-likeness (QED) is 0.151. The minimum atomic E-state index is -0.109. The monoisotopic (exact) mass is 845 g/mol. The third kappa shape index (κ3) is 5.85. The van der Waals surface area contributed by atoms with Gasteiger partial charge in [-0.15, -0.1) is 0 Å². The summed E-state index contributed by atoms with van der Waals surface area (Å²) in [7, 11) is 0. The highest BCUT2D eigenvalue weighted by Crippen LogP contribution is 2.57. The van der Waals surface area contributed by atoms with Crippen LogP contribution in [0.2, 0.25) is 0 Å². The van der Waals surface area contributed by atoms with Crippen LogP contribution in [0.5, 0.6) is 0 Å². The molecule has 0 amide bonds. The largest absolute Gasteiger partial charge is 0.310 e. The zero-order chi connectivity index (χ0) is 44.0. The molecule has 0 heterocycles. The van der Waals surface area contributed by atoms with Crippen molar-refractivity contribution in [3.05, 3.63) is 235 Å². The summed E-state index contributed by atoms with van der Waals surface area (Å²) in [5, 5.41) is 5.12. The first kappa shape index (κ1) is 38.9. The second-order valence-electron chi connectivity index (χ2n) is 19.5. The van der Waals surface area contributed by atoms with E-state index in [1.165, 1.54) is 137 Å². The van der Waals surface area contributed by atoms with Crippen LogP contribution in [-0.2, 0) is 10.8 Å². The summed E-state index contributed by atoms with van der Waals surface area (Å²) in [6.45, 7) is 4.77. The molecule has 0 radical (unpaired) electrons. The van der Waals surface area contributed by atoms with Gasteiger partial charge < -0.3 is 4.90 Å². The molecule has 0 N–H and O–H groups in total. The van der Waals surface area contributed by atoms with Gasteiger partial charge in [0.25, 0.3) is 0 Å². The Kier molecular flexibility index (Phi) is 8.87. The average Bonchev–Trinajstić information content (AvgIpc) is 3.78. The van der Waals surface area contributed by atoms with Gasteiger partial charge in [0.15, 0.2) is 0 Å². The van der Waals surface area contributed by atoms with Crippen molar-refractivity contribution in [3.8, 4) is 55.6 Å². The second-order valence-corrected chi connectivity index (χ2v) is 19.5. The van der Waals surface area contributed by atoms with Crippen LogP contribution in [0.4, 0.5) is 17.1 Å². The van der Waals surface area contributed by atoms with Crippen molar-refractivity contribution in [1.82, 2.24) is 0 Å². The normalized spacial score (nSPS) is 15.1. The molecule has 0 unspecified atom stereocenters. The van der Waals surface area contributed by atoms with Gasteiger partial charge in [0.1, 0.15) is 0 Å². The van der Waals surface area contributed by atoms with E-state index in [1.54, 1.807) is 0 Å². The number of rotatable bonds is 6. The Balaban J connectivity index is 0.957. The summed E-state index contributed by atoms with van der Waals surface area (Å²) >= 11 is 0. The van der Waals surface area contributed by atoms with Crippen LogP contribution in [0, 0.1) is 0 Å². The fourth-order valence-corrected chi connectivity index (χ4v) is 12.7. The second kappa shape index (κ2) is 15.0. The SMILES string of the molecule is CC1(C)c2ccccc2-c2cccc(-c3ccccc3-c3ccc(N(c4cccc(-c5cccc6c5ccc5ccccc56)c4)c4ccc5c(c4)C4(CCCCC4)c4ccccc4-5)cc3)c21. The standard InChI is InChI=1S/C65H51N/c1-64(2)60-29-10-8-24-56(60)59-28-16-27-58(63(59)64)53-22-7-6-21-50(53)44-31-34-46(35-32-44)66(48-36-38-57-55-23-9-11-30-61(55)65(62(57)42-48)39-12-3-13-40-65)47-19-14-18-45(41-47)51-25-15-26-52-49-20-5-4-17-43(49)33-37-54(51)52/h4-11,14-38,41-42H,3,12-13,39-40H2,1-2H3. The molecule has 10 aromatic rings. The van der Waals surface area contributed by atoms with E-state index in [1.807, 2.05) is 0 Å². The zero-order valence-electron chi connectivity index (χ0n) is 37.7. The van der Waals surface area contributed by atoms with E-state index in [0.717, 1.165) is 11.4 Å². The van der Waals surface area contributed by atoms with Gasteiger partial charge >= 0.3 is 0 Å². The lowest BCUT2D eigenvalue weighted by atomic mass is 9.68. The molecule has 1 nitrogen and oxygen atoms in total. The maximum atomic E-state index is 2.55. The Hall–Kier alpha value is -7.48. The number of hydrogen-bond donors (Lipinski definition) is 0. The van der Waals surface area contributed by atoms with Crippen LogP contribution in [0.1, 0.15) is 68.2 Å². The molecular formula is C65H51N. The summed E-state index contributed by atoms with van der Waals surface area (Å²) in [5.41, 5.74) is 22.3. The number of fused-ring (bicyclic) bond motifs is 11. The van der Waals surface area contributed by atoms with E-state index < -0.39 is 0 Å². The first-order valence-corrected chi connectivity index (χ1v) is 24.0. The van der Waals surface area contributed by atoms with Crippen molar-refractivity contribution in [2.75, 3.05) is 4.90 Å². The van der Waals surface area contributed by atoms with Gasteiger partial charge in [0, 0.05) is 27.9 Å². The van der Waals surface area contributed by atoms with E-state index in [-0.39, 0.29) is 10.8 Å². The lowest BCUT2D eigenvalue weighted by molar-refractivity contribution is 0.353. The lowest BCUT2D eigenvalue weighted by Gasteiger charge is -2.36. The van der Waals surface area contributed by atoms with Crippen molar-refractivity contribution in [2.24, 2.45) is 0 Å². The van der Waals surface area contributed by atoms with Gasteiger partial charge in [0.05, 0.1) is 0 Å². The minimum absolute atomic E-state index is 0.0561. The molecule has 1 spiro atoms. The number of benzene rings is 10. The predicted octanol–water partition coefficient (Wildman–Crippen LogP) is 18.0. The van der Waals surface area contributed by atoms with E-state index in [4.69, 9.17) is 0 Å². The summed E-state index contributed by atoms with van der Waals surface area (Å²) in [5.74, 6) is 0. The molecule has 0 aliphatic heterocycles.